The van der Waals surface area contributed by atoms with Gasteiger partial charge >= 0.3 is 12.1 Å². The average molecular weight is 457 g/mol. The van der Waals surface area contributed by atoms with Crippen molar-refractivity contribution in [1.82, 2.24) is 14.8 Å². The van der Waals surface area contributed by atoms with E-state index in [1.54, 1.807) is 18.2 Å². The van der Waals surface area contributed by atoms with Crippen LogP contribution in [0.5, 0.6) is 11.5 Å². The van der Waals surface area contributed by atoms with E-state index in [1.165, 1.54) is 50.1 Å². The number of hydrogen-bond acceptors (Lipinski definition) is 5. The maximum atomic E-state index is 14.1. The minimum atomic E-state index is -4.67. The molecule has 0 atom stereocenters. The molecule has 2 aromatic heterocycles. The SMILES string of the molecule is COc1ccc(OC)c(-c2cc(C(F)(F)F)c3c(C)nn(-c4ccc(C(=O)O)cc4)c3n2)c1. The van der Waals surface area contributed by atoms with E-state index in [-0.39, 0.29) is 28.0 Å². The van der Waals surface area contributed by atoms with Crippen molar-refractivity contribution in [2.75, 3.05) is 14.2 Å². The number of benzene rings is 2. The van der Waals surface area contributed by atoms with Crippen LogP contribution < -0.4 is 9.47 Å². The molecule has 0 fully saturated rings. The first-order valence-electron chi connectivity index (χ1n) is 9.67. The summed E-state index contributed by atoms with van der Waals surface area (Å²) in [7, 11) is 2.86. The molecule has 1 N–H and O–H groups in total. The molecule has 2 heterocycles. The number of hydrogen-bond donors (Lipinski definition) is 1. The average Bonchev–Trinajstić information content (AvgIpc) is 3.13. The van der Waals surface area contributed by atoms with E-state index in [1.807, 2.05) is 0 Å². The molecule has 4 rings (SSSR count). The highest BCUT2D eigenvalue weighted by Gasteiger charge is 2.36. The maximum absolute atomic E-state index is 14.1. The third kappa shape index (κ3) is 3.95. The fourth-order valence-corrected chi connectivity index (χ4v) is 3.59. The quantitative estimate of drug-likeness (QED) is 0.447. The van der Waals surface area contributed by atoms with Crippen LogP contribution in [-0.4, -0.2) is 40.1 Å². The number of pyridine rings is 1. The standard InChI is InChI=1S/C23H18F3N3O4/c1-12-20-17(23(24,25)26)11-18(16-10-15(32-2)8-9-19(16)33-3)27-21(20)29(28-12)14-6-4-13(5-7-14)22(30)31/h4-11H,1-3H3,(H,30,31). The van der Waals surface area contributed by atoms with Crippen molar-refractivity contribution in [3.8, 4) is 28.4 Å². The number of carboxylic acid groups (broad SMARTS) is 1. The smallest absolute Gasteiger partial charge is 0.417 e. The van der Waals surface area contributed by atoms with Crippen LogP contribution in [0.4, 0.5) is 13.2 Å². The lowest BCUT2D eigenvalue weighted by atomic mass is 10.0. The van der Waals surface area contributed by atoms with E-state index >= 15 is 0 Å². The van der Waals surface area contributed by atoms with Gasteiger partial charge in [-0.05, 0) is 55.5 Å². The maximum Gasteiger partial charge on any atom is 0.417 e. The number of nitrogens with zero attached hydrogens (tertiary/aromatic N) is 3. The summed E-state index contributed by atoms with van der Waals surface area (Å²) >= 11 is 0. The van der Waals surface area contributed by atoms with Gasteiger partial charge in [0.05, 0.1) is 47.8 Å². The molecule has 33 heavy (non-hydrogen) atoms. The molecule has 0 radical (unpaired) electrons. The molecule has 7 nitrogen and oxygen atoms in total. The van der Waals surface area contributed by atoms with Gasteiger partial charge in [0.2, 0.25) is 0 Å². The predicted molar refractivity (Wildman–Crippen MR) is 114 cm³/mol. The summed E-state index contributed by atoms with van der Waals surface area (Å²) in [4.78, 5) is 15.7. The van der Waals surface area contributed by atoms with Gasteiger partial charge in [0, 0.05) is 5.56 Å². The number of carbonyl (C=O) groups is 1. The van der Waals surface area contributed by atoms with E-state index in [4.69, 9.17) is 14.6 Å². The number of aryl methyl sites for hydroxylation is 1. The van der Waals surface area contributed by atoms with Crippen LogP contribution >= 0.6 is 0 Å². The third-order valence-electron chi connectivity index (χ3n) is 5.16. The number of halogens is 3. The van der Waals surface area contributed by atoms with Gasteiger partial charge in [0.25, 0.3) is 0 Å². The molecule has 0 saturated carbocycles. The number of alkyl halides is 3. The summed E-state index contributed by atoms with van der Waals surface area (Å²) < 4.78 is 54.1. The largest absolute Gasteiger partial charge is 0.497 e. The van der Waals surface area contributed by atoms with Crippen LogP contribution in [0.25, 0.3) is 28.0 Å². The zero-order valence-electron chi connectivity index (χ0n) is 17.8. The van der Waals surface area contributed by atoms with Crippen LogP contribution in [0, 0.1) is 6.92 Å². The van der Waals surface area contributed by atoms with Gasteiger partial charge in [0.15, 0.2) is 5.65 Å². The van der Waals surface area contributed by atoms with E-state index < -0.39 is 17.7 Å². The number of aromatic carboxylic acids is 1. The van der Waals surface area contributed by atoms with E-state index in [0.717, 1.165) is 6.07 Å². The Bertz CT molecular complexity index is 1360. The van der Waals surface area contributed by atoms with Crippen molar-refractivity contribution in [3.05, 3.63) is 65.4 Å². The second kappa shape index (κ2) is 8.12. The summed E-state index contributed by atoms with van der Waals surface area (Å²) in [5, 5.41) is 13.2. The molecule has 0 aliphatic heterocycles. The molecule has 0 unspecified atom stereocenters. The van der Waals surface area contributed by atoms with Gasteiger partial charge in [-0.2, -0.15) is 18.3 Å². The normalized spacial score (nSPS) is 11.6. The zero-order chi connectivity index (χ0) is 23.9. The van der Waals surface area contributed by atoms with Crippen molar-refractivity contribution >= 4 is 17.0 Å². The molecule has 0 amide bonds. The molecule has 0 aliphatic carbocycles. The predicted octanol–water partition coefficient (Wildman–Crippen LogP) is 5.13. The topological polar surface area (TPSA) is 86.5 Å². The highest BCUT2D eigenvalue weighted by Crippen LogP contribution is 2.41. The summed E-state index contributed by atoms with van der Waals surface area (Å²) in [6.45, 7) is 1.47. The van der Waals surface area contributed by atoms with Crippen LogP contribution in [0.1, 0.15) is 21.6 Å². The first kappa shape index (κ1) is 22.1. The Kier molecular flexibility index (Phi) is 5.44. The van der Waals surface area contributed by atoms with Gasteiger partial charge in [0.1, 0.15) is 11.5 Å². The Morgan fingerprint density at radius 1 is 1.03 bits per heavy atom. The van der Waals surface area contributed by atoms with Crippen molar-refractivity contribution in [3.63, 3.8) is 0 Å². The molecule has 10 heteroatoms. The highest BCUT2D eigenvalue weighted by atomic mass is 19.4. The fraction of sp³-hybridized carbons (Fsp3) is 0.174. The van der Waals surface area contributed by atoms with E-state index in [9.17, 15) is 18.0 Å². The Morgan fingerprint density at radius 2 is 1.73 bits per heavy atom. The second-order valence-corrected chi connectivity index (χ2v) is 7.17. The fourth-order valence-electron chi connectivity index (χ4n) is 3.59. The molecule has 0 aliphatic rings. The van der Waals surface area contributed by atoms with E-state index in [0.29, 0.717) is 22.7 Å². The molecular weight excluding hydrogens is 439 g/mol. The molecular formula is C23H18F3N3O4. The molecule has 2 aromatic carbocycles. The number of aromatic nitrogens is 3. The van der Waals surface area contributed by atoms with Crippen LogP contribution in [0.2, 0.25) is 0 Å². The highest BCUT2D eigenvalue weighted by molar-refractivity contribution is 5.89. The first-order valence-corrected chi connectivity index (χ1v) is 9.67. The van der Waals surface area contributed by atoms with Crippen molar-refractivity contribution in [2.24, 2.45) is 0 Å². The summed E-state index contributed by atoms with van der Waals surface area (Å²) in [6.07, 6.45) is -4.67. The van der Waals surface area contributed by atoms with Crippen LogP contribution in [0.3, 0.4) is 0 Å². The number of fused-ring (bicyclic) bond motifs is 1. The Labute approximate surface area is 186 Å². The zero-order valence-corrected chi connectivity index (χ0v) is 17.8. The third-order valence-corrected chi connectivity index (χ3v) is 5.16. The lowest BCUT2D eigenvalue weighted by molar-refractivity contribution is -0.136. The lowest BCUT2D eigenvalue weighted by Crippen LogP contribution is -2.08. The number of methoxy groups -OCH3 is 2. The van der Waals surface area contributed by atoms with Crippen LogP contribution in [-0.2, 0) is 6.18 Å². The lowest BCUT2D eigenvalue weighted by Gasteiger charge is -2.14. The first-order chi connectivity index (χ1) is 15.6. The van der Waals surface area contributed by atoms with Gasteiger partial charge in [-0.3, -0.25) is 0 Å². The minimum absolute atomic E-state index is 0.0221. The second-order valence-electron chi connectivity index (χ2n) is 7.17. The van der Waals surface area contributed by atoms with Crippen LogP contribution in [0.15, 0.2) is 48.5 Å². The minimum Gasteiger partial charge on any atom is -0.497 e. The Hall–Kier alpha value is -4.08. The number of rotatable bonds is 5. The van der Waals surface area contributed by atoms with Crippen molar-refractivity contribution in [1.29, 1.82) is 0 Å². The molecule has 4 aromatic rings. The van der Waals surface area contributed by atoms with Gasteiger partial charge < -0.3 is 14.6 Å². The number of carboxylic acids is 1. The molecule has 170 valence electrons. The van der Waals surface area contributed by atoms with Crippen molar-refractivity contribution < 1.29 is 32.5 Å². The molecule has 0 saturated heterocycles. The van der Waals surface area contributed by atoms with E-state index in [2.05, 4.69) is 10.1 Å². The monoisotopic (exact) mass is 457 g/mol. The molecule has 0 spiro atoms. The number of ether oxygens (including phenoxy) is 2. The molecule has 0 bridgehead atoms. The van der Waals surface area contributed by atoms with Gasteiger partial charge in [-0.15, -0.1) is 0 Å². The summed E-state index contributed by atoms with van der Waals surface area (Å²) in [5.41, 5.74) is -0.0317. The van der Waals surface area contributed by atoms with Crippen molar-refractivity contribution in [2.45, 2.75) is 13.1 Å². The van der Waals surface area contributed by atoms with Gasteiger partial charge in [-0.1, -0.05) is 0 Å². The van der Waals surface area contributed by atoms with Gasteiger partial charge in [-0.25, -0.2) is 14.5 Å². The Morgan fingerprint density at radius 3 is 2.30 bits per heavy atom. The Balaban J connectivity index is 2.03. The summed E-state index contributed by atoms with van der Waals surface area (Å²) in [6, 6.07) is 11.3. The summed E-state index contributed by atoms with van der Waals surface area (Å²) in [5.74, 6) is -0.368.